The lowest BCUT2D eigenvalue weighted by Gasteiger charge is -2.06. The molecular weight excluding hydrogens is 208 g/mol. The zero-order chi connectivity index (χ0) is 10.1. The standard InChI is InChI=1S/C11H16N2OS/c1-2-9(12-4-1)10-7-15-11(13-10)8-3-5-14-6-8/h7-9,12H,1-6H2/t8?,9-/m0/s1. The Labute approximate surface area is 93.9 Å². The van der Waals surface area contributed by atoms with Gasteiger partial charge in [-0.1, -0.05) is 0 Å². The summed E-state index contributed by atoms with van der Waals surface area (Å²) in [6, 6.07) is 0.511. The van der Waals surface area contributed by atoms with E-state index in [0.717, 1.165) is 26.2 Å². The summed E-state index contributed by atoms with van der Waals surface area (Å²) in [6.45, 7) is 2.91. The number of nitrogens with zero attached hydrogens (tertiary/aromatic N) is 1. The highest BCUT2D eigenvalue weighted by molar-refractivity contribution is 7.09. The fraction of sp³-hybridized carbons (Fsp3) is 0.727. The molecule has 0 spiro atoms. The van der Waals surface area contributed by atoms with Crippen molar-refractivity contribution in [1.82, 2.24) is 10.3 Å². The molecule has 1 aromatic rings. The summed E-state index contributed by atoms with van der Waals surface area (Å²) in [6.07, 6.45) is 3.67. The average molecular weight is 224 g/mol. The zero-order valence-corrected chi connectivity index (χ0v) is 9.55. The molecule has 2 fully saturated rings. The maximum atomic E-state index is 5.40. The van der Waals surface area contributed by atoms with Gasteiger partial charge in [-0.25, -0.2) is 4.98 Å². The third kappa shape index (κ3) is 1.94. The quantitative estimate of drug-likeness (QED) is 0.835. The van der Waals surface area contributed by atoms with E-state index in [0.29, 0.717) is 12.0 Å². The number of aromatic nitrogens is 1. The van der Waals surface area contributed by atoms with E-state index in [2.05, 4.69) is 10.7 Å². The third-order valence-corrected chi connectivity index (χ3v) is 4.26. The molecular formula is C11H16N2OS. The molecule has 0 amide bonds. The molecule has 1 aromatic heterocycles. The lowest BCUT2D eigenvalue weighted by Crippen LogP contribution is -2.13. The summed E-state index contributed by atoms with van der Waals surface area (Å²) in [5.74, 6) is 0.560. The summed E-state index contributed by atoms with van der Waals surface area (Å²) in [5, 5.41) is 6.98. The lowest BCUT2D eigenvalue weighted by molar-refractivity contribution is 0.194. The molecule has 1 unspecified atom stereocenters. The minimum Gasteiger partial charge on any atom is -0.381 e. The van der Waals surface area contributed by atoms with Gasteiger partial charge >= 0.3 is 0 Å². The van der Waals surface area contributed by atoms with Crippen LogP contribution in [0, 0.1) is 0 Å². The average Bonchev–Trinajstić information content (AvgIpc) is 3.02. The molecule has 3 heterocycles. The summed E-state index contributed by atoms with van der Waals surface area (Å²) < 4.78 is 5.40. The van der Waals surface area contributed by atoms with E-state index in [1.807, 2.05) is 0 Å². The van der Waals surface area contributed by atoms with E-state index in [1.54, 1.807) is 11.3 Å². The first-order valence-corrected chi connectivity index (χ1v) is 6.58. The van der Waals surface area contributed by atoms with Crippen LogP contribution in [0.3, 0.4) is 0 Å². The third-order valence-electron chi connectivity index (χ3n) is 3.24. The molecule has 0 saturated carbocycles. The fourth-order valence-electron chi connectivity index (χ4n) is 2.31. The topological polar surface area (TPSA) is 34.1 Å². The maximum absolute atomic E-state index is 5.40. The highest BCUT2D eigenvalue weighted by Crippen LogP contribution is 2.31. The van der Waals surface area contributed by atoms with Gasteiger partial charge < -0.3 is 10.1 Å². The van der Waals surface area contributed by atoms with Gasteiger partial charge in [0.15, 0.2) is 0 Å². The molecule has 4 heteroatoms. The molecule has 0 radical (unpaired) electrons. The molecule has 3 nitrogen and oxygen atoms in total. The predicted molar refractivity (Wildman–Crippen MR) is 60.3 cm³/mol. The Morgan fingerprint density at radius 1 is 1.47 bits per heavy atom. The number of rotatable bonds is 2. The van der Waals surface area contributed by atoms with E-state index < -0.39 is 0 Å². The first-order valence-electron chi connectivity index (χ1n) is 5.70. The first kappa shape index (κ1) is 9.75. The van der Waals surface area contributed by atoms with Crippen LogP contribution in [0.1, 0.15) is 41.9 Å². The van der Waals surface area contributed by atoms with Crippen LogP contribution in [0.5, 0.6) is 0 Å². The van der Waals surface area contributed by atoms with Crippen molar-refractivity contribution >= 4 is 11.3 Å². The Morgan fingerprint density at radius 3 is 3.20 bits per heavy atom. The van der Waals surface area contributed by atoms with Crippen molar-refractivity contribution in [3.63, 3.8) is 0 Å². The van der Waals surface area contributed by atoms with Gasteiger partial charge in [0.2, 0.25) is 0 Å². The Morgan fingerprint density at radius 2 is 2.47 bits per heavy atom. The van der Waals surface area contributed by atoms with Crippen molar-refractivity contribution in [2.24, 2.45) is 0 Å². The minimum atomic E-state index is 0.511. The monoisotopic (exact) mass is 224 g/mol. The van der Waals surface area contributed by atoms with Gasteiger partial charge in [0.1, 0.15) is 0 Å². The number of hydrogen-bond acceptors (Lipinski definition) is 4. The second kappa shape index (κ2) is 4.20. The lowest BCUT2D eigenvalue weighted by atomic mass is 10.1. The van der Waals surface area contributed by atoms with E-state index >= 15 is 0 Å². The van der Waals surface area contributed by atoms with Gasteiger partial charge in [0.05, 0.1) is 23.4 Å². The van der Waals surface area contributed by atoms with Crippen LogP contribution >= 0.6 is 11.3 Å². The van der Waals surface area contributed by atoms with E-state index in [-0.39, 0.29) is 0 Å². The van der Waals surface area contributed by atoms with Crippen LogP contribution < -0.4 is 5.32 Å². The molecule has 1 N–H and O–H groups in total. The van der Waals surface area contributed by atoms with Crippen LogP contribution in [0.25, 0.3) is 0 Å². The molecule has 2 atom stereocenters. The Bertz CT molecular complexity index is 297. The summed E-state index contributed by atoms with van der Waals surface area (Å²) >= 11 is 1.80. The highest BCUT2D eigenvalue weighted by Gasteiger charge is 2.24. The summed E-state index contributed by atoms with van der Waals surface area (Å²) in [7, 11) is 0. The van der Waals surface area contributed by atoms with Crippen molar-refractivity contribution < 1.29 is 4.74 Å². The molecule has 15 heavy (non-hydrogen) atoms. The normalized spacial score (nSPS) is 31.2. The van der Waals surface area contributed by atoms with Gasteiger partial charge in [0, 0.05) is 17.9 Å². The largest absolute Gasteiger partial charge is 0.381 e. The fourth-order valence-corrected chi connectivity index (χ4v) is 3.31. The molecule has 3 rings (SSSR count). The van der Waals surface area contributed by atoms with Crippen molar-refractivity contribution in [3.8, 4) is 0 Å². The number of ether oxygens (including phenoxy) is 1. The van der Waals surface area contributed by atoms with E-state index in [9.17, 15) is 0 Å². The summed E-state index contributed by atoms with van der Waals surface area (Å²) in [5.41, 5.74) is 1.25. The van der Waals surface area contributed by atoms with Gasteiger partial charge in [-0.15, -0.1) is 11.3 Å². The zero-order valence-electron chi connectivity index (χ0n) is 8.74. The number of nitrogens with one attached hydrogen (secondary N) is 1. The molecule has 2 aliphatic rings. The van der Waals surface area contributed by atoms with Crippen LogP contribution in [-0.4, -0.2) is 24.7 Å². The minimum absolute atomic E-state index is 0.511. The number of hydrogen-bond donors (Lipinski definition) is 1. The van der Waals surface area contributed by atoms with Crippen molar-refractivity contribution in [1.29, 1.82) is 0 Å². The molecule has 0 aromatic carbocycles. The van der Waals surface area contributed by atoms with Crippen LogP contribution in [0.2, 0.25) is 0 Å². The second-order valence-electron chi connectivity index (χ2n) is 4.32. The number of thiazole rings is 1. The first-order chi connectivity index (χ1) is 7.43. The molecule has 0 aliphatic carbocycles. The van der Waals surface area contributed by atoms with Crippen LogP contribution in [0.4, 0.5) is 0 Å². The van der Waals surface area contributed by atoms with Crippen LogP contribution in [-0.2, 0) is 4.74 Å². The van der Waals surface area contributed by atoms with Crippen LogP contribution in [0.15, 0.2) is 5.38 Å². The Balaban J connectivity index is 1.74. The van der Waals surface area contributed by atoms with E-state index in [1.165, 1.54) is 23.5 Å². The summed E-state index contributed by atoms with van der Waals surface area (Å²) in [4.78, 5) is 4.75. The van der Waals surface area contributed by atoms with Gasteiger partial charge in [-0.2, -0.15) is 0 Å². The van der Waals surface area contributed by atoms with Crippen molar-refractivity contribution in [2.45, 2.75) is 31.2 Å². The molecule has 2 aliphatic heterocycles. The van der Waals surface area contributed by atoms with Crippen molar-refractivity contribution in [2.75, 3.05) is 19.8 Å². The SMILES string of the molecule is c1sc(C2CCOC2)nc1[C@@H]1CCCN1. The maximum Gasteiger partial charge on any atom is 0.0983 e. The molecule has 2 saturated heterocycles. The molecule has 82 valence electrons. The highest BCUT2D eigenvalue weighted by atomic mass is 32.1. The second-order valence-corrected chi connectivity index (χ2v) is 5.21. The van der Waals surface area contributed by atoms with Gasteiger partial charge in [-0.05, 0) is 25.8 Å². The smallest absolute Gasteiger partial charge is 0.0983 e. The van der Waals surface area contributed by atoms with Gasteiger partial charge in [0.25, 0.3) is 0 Å². The van der Waals surface area contributed by atoms with Gasteiger partial charge in [-0.3, -0.25) is 0 Å². The Hall–Kier alpha value is -0.450. The van der Waals surface area contributed by atoms with E-state index in [4.69, 9.17) is 9.72 Å². The Kier molecular flexibility index (Phi) is 2.73. The molecule has 0 bridgehead atoms. The predicted octanol–water partition coefficient (Wildman–Crippen LogP) is 2.07. The van der Waals surface area contributed by atoms with Crippen molar-refractivity contribution in [3.05, 3.63) is 16.1 Å².